The second kappa shape index (κ2) is 7.01. The minimum absolute atomic E-state index is 0.0392. The molecule has 4 rings (SSSR count). The molecule has 7 nitrogen and oxygen atoms in total. The van der Waals surface area contributed by atoms with Crippen LogP contribution in [0.2, 0.25) is 0 Å². The van der Waals surface area contributed by atoms with Crippen molar-refractivity contribution < 1.29 is 4.74 Å². The van der Waals surface area contributed by atoms with Crippen molar-refractivity contribution in [2.24, 2.45) is 0 Å². The van der Waals surface area contributed by atoms with E-state index >= 15 is 0 Å². The average molecular weight is 340 g/mol. The molecule has 0 unspecified atom stereocenters. The lowest BCUT2D eigenvalue weighted by atomic mass is 9.89. The molecule has 0 atom stereocenters. The van der Waals surface area contributed by atoms with Crippen LogP contribution in [-0.2, 0) is 11.3 Å². The van der Waals surface area contributed by atoms with Gasteiger partial charge >= 0.3 is 0 Å². The first-order valence-corrected chi connectivity index (χ1v) is 8.88. The number of piperidine rings is 1. The van der Waals surface area contributed by atoms with E-state index in [0.717, 1.165) is 69.2 Å². The van der Waals surface area contributed by atoms with Gasteiger partial charge in [0, 0.05) is 50.7 Å². The number of anilines is 1. The molecule has 1 spiro atoms. The van der Waals surface area contributed by atoms with Crippen molar-refractivity contribution in [1.82, 2.24) is 25.1 Å². The molecule has 2 aromatic heterocycles. The van der Waals surface area contributed by atoms with Crippen LogP contribution >= 0.6 is 0 Å². The van der Waals surface area contributed by atoms with Gasteiger partial charge in [-0.05, 0) is 31.9 Å². The quantitative estimate of drug-likeness (QED) is 0.837. The second-order valence-corrected chi connectivity index (χ2v) is 7.01. The molecule has 0 bridgehead atoms. The van der Waals surface area contributed by atoms with E-state index in [9.17, 15) is 0 Å². The smallest absolute Gasteiger partial charge is 0.151 e. The second-order valence-electron chi connectivity index (χ2n) is 7.01. The van der Waals surface area contributed by atoms with Gasteiger partial charge in [0.15, 0.2) is 5.82 Å². The van der Waals surface area contributed by atoms with Crippen LogP contribution in [0.3, 0.4) is 0 Å². The molecule has 0 aromatic carbocycles. The Morgan fingerprint density at radius 3 is 2.60 bits per heavy atom. The van der Waals surface area contributed by atoms with Gasteiger partial charge in [-0.1, -0.05) is 0 Å². The van der Waals surface area contributed by atoms with Crippen molar-refractivity contribution >= 4 is 5.82 Å². The molecule has 7 heteroatoms. The van der Waals surface area contributed by atoms with E-state index in [-0.39, 0.29) is 5.60 Å². The Hall–Kier alpha value is -2.12. The van der Waals surface area contributed by atoms with E-state index < -0.39 is 0 Å². The van der Waals surface area contributed by atoms with Crippen molar-refractivity contribution in [3.63, 3.8) is 0 Å². The Morgan fingerprint density at radius 2 is 1.88 bits per heavy atom. The zero-order valence-corrected chi connectivity index (χ0v) is 14.6. The number of aryl methyl sites for hydroxylation is 1. The van der Waals surface area contributed by atoms with E-state index in [2.05, 4.69) is 36.0 Å². The lowest BCUT2D eigenvalue weighted by Crippen LogP contribution is -2.56. The molecule has 0 saturated carbocycles. The number of nitrogens with zero attached hydrogens (tertiary/aromatic N) is 6. The third-order valence-corrected chi connectivity index (χ3v) is 5.13. The summed E-state index contributed by atoms with van der Waals surface area (Å²) < 4.78 is 6.24. The van der Waals surface area contributed by atoms with E-state index in [1.807, 2.05) is 25.4 Å². The van der Waals surface area contributed by atoms with Gasteiger partial charge in [-0.15, -0.1) is 5.10 Å². The highest BCUT2D eigenvalue weighted by Crippen LogP contribution is 2.32. The summed E-state index contributed by atoms with van der Waals surface area (Å²) in [6.45, 7) is 7.49. The molecular formula is C18H24N6O. The molecule has 25 heavy (non-hydrogen) atoms. The van der Waals surface area contributed by atoms with Crippen LogP contribution in [0.25, 0.3) is 0 Å². The fourth-order valence-corrected chi connectivity index (χ4v) is 3.73. The van der Waals surface area contributed by atoms with E-state index in [1.54, 1.807) is 6.33 Å². The van der Waals surface area contributed by atoms with Gasteiger partial charge in [0.1, 0.15) is 6.33 Å². The van der Waals surface area contributed by atoms with Crippen LogP contribution in [0.5, 0.6) is 0 Å². The summed E-state index contributed by atoms with van der Waals surface area (Å²) in [6, 6.07) is 4.08. The Bertz CT molecular complexity index is 684. The summed E-state index contributed by atoms with van der Waals surface area (Å²) in [5, 5.41) is 8.49. The van der Waals surface area contributed by atoms with E-state index in [0.29, 0.717) is 0 Å². The molecule has 0 radical (unpaired) electrons. The Morgan fingerprint density at radius 1 is 1.08 bits per heavy atom. The van der Waals surface area contributed by atoms with Crippen molar-refractivity contribution in [2.45, 2.75) is 31.9 Å². The molecule has 2 fully saturated rings. The molecule has 0 aliphatic carbocycles. The predicted octanol–water partition coefficient (Wildman–Crippen LogP) is 1.45. The first-order chi connectivity index (χ1) is 12.2. The van der Waals surface area contributed by atoms with Gasteiger partial charge in [-0.25, -0.2) is 9.97 Å². The highest BCUT2D eigenvalue weighted by molar-refractivity contribution is 5.38. The number of rotatable bonds is 3. The van der Waals surface area contributed by atoms with E-state index in [4.69, 9.17) is 4.74 Å². The fourth-order valence-electron chi connectivity index (χ4n) is 3.73. The van der Waals surface area contributed by atoms with E-state index in [1.165, 1.54) is 0 Å². The molecule has 2 aliphatic heterocycles. The molecule has 4 heterocycles. The van der Waals surface area contributed by atoms with Crippen LogP contribution in [0.4, 0.5) is 5.82 Å². The third-order valence-electron chi connectivity index (χ3n) is 5.13. The van der Waals surface area contributed by atoms with Crippen LogP contribution in [0, 0.1) is 6.92 Å². The normalized spacial score (nSPS) is 20.8. The molecule has 0 amide bonds. The minimum Gasteiger partial charge on any atom is -0.372 e. The summed E-state index contributed by atoms with van der Waals surface area (Å²) >= 11 is 0. The zero-order valence-electron chi connectivity index (χ0n) is 14.6. The molecule has 0 N–H and O–H groups in total. The lowest BCUT2D eigenvalue weighted by Gasteiger charge is -2.47. The van der Waals surface area contributed by atoms with Crippen LogP contribution in [0.1, 0.15) is 24.1 Å². The SMILES string of the molecule is Cc1ccc(N2CCC3(CC2)CN(Cc2cncnc2)CCO3)nn1. The summed E-state index contributed by atoms with van der Waals surface area (Å²) in [5.41, 5.74) is 2.07. The number of ether oxygens (including phenoxy) is 1. The van der Waals surface area contributed by atoms with Gasteiger partial charge in [-0.3, -0.25) is 4.90 Å². The number of hydrogen-bond donors (Lipinski definition) is 0. The number of morpholine rings is 1. The topological polar surface area (TPSA) is 67.3 Å². The van der Waals surface area contributed by atoms with Crippen LogP contribution < -0.4 is 4.90 Å². The molecule has 2 aromatic rings. The molecular weight excluding hydrogens is 316 g/mol. The maximum atomic E-state index is 6.24. The highest BCUT2D eigenvalue weighted by atomic mass is 16.5. The Balaban J connectivity index is 1.37. The monoisotopic (exact) mass is 340 g/mol. The van der Waals surface area contributed by atoms with Crippen molar-refractivity contribution in [1.29, 1.82) is 0 Å². The Labute approximate surface area is 148 Å². The summed E-state index contributed by atoms with van der Waals surface area (Å²) in [6.07, 6.45) is 7.41. The van der Waals surface area contributed by atoms with Gasteiger partial charge in [0.2, 0.25) is 0 Å². The van der Waals surface area contributed by atoms with Crippen molar-refractivity contribution in [3.05, 3.63) is 42.1 Å². The first-order valence-electron chi connectivity index (χ1n) is 8.88. The maximum Gasteiger partial charge on any atom is 0.151 e. The third kappa shape index (κ3) is 3.77. The summed E-state index contributed by atoms with van der Waals surface area (Å²) in [5.74, 6) is 0.967. The first kappa shape index (κ1) is 16.4. The van der Waals surface area contributed by atoms with Crippen molar-refractivity contribution in [3.8, 4) is 0 Å². The average Bonchev–Trinajstić information content (AvgIpc) is 2.64. The maximum absolute atomic E-state index is 6.24. The molecule has 132 valence electrons. The lowest BCUT2D eigenvalue weighted by molar-refractivity contribution is -0.122. The van der Waals surface area contributed by atoms with Gasteiger partial charge in [0.25, 0.3) is 0 Å². The predicted molar refractivity (Wildman–Crippen MR) is 94.2 cm³/mol. The molecule has 2 saturated heterocycles. The van der Waals surface area contributed by atoms with Crippen LogP contribution in [0.15, 0.2) is 30.9 Å². The van der Waals surface area contributed by atoms with Gasteiger partial charge < -0.3 is 9.64 Å². The largest absolute Gasteiger partial charge is 0.372 e. The fraction of sp³-hybridized carbons (Fsp3) is 0.556. The van der Waals surface area contributed by atoms with Crippen molar-refractivity contribution in [2.75, 3.05) is 37.7 Å². The Kier molecular flexibility index (Phi) is 4.59. The zero-order chi connectivity index (χ0) is 17.1. The van der Waals surface area contributed by atoms with Crippen LogP contribution in [-0.4, -0.2) is 63.5 Å². The van der Waals surface area contributed by atoms with Gasteiger partial charge in [-0.2, -0.15) is 5.10 Å². The summed E-state index contributed by atoms with van der Waals surface area (Å²) in [4.78, 5) is 13.0. The molecule has 2 aliphatic rings. The summed E-state index contributed by atoms with van der Waals surface area (Å²) in [7, 11) is 0. The number of aromatic nitrogens is 4. The van der Waals surface area contributed by atoms with Gasteiger partial charge in [0.05, 0.1) is 17.9 Å². The number of hydrogen-bond acceptors (Lipinski definition) is 7. The standard InChI is InChI=1S/C18H24N6O/c1-15-2-3-17(22-21-15)24-6-4-18(5-7-24)13-23(8-9-25-18)12-16-10-19-14-20-11-16/h2-3,10-11,14H,4-9,12-13H2,1H3. The minimum atomic E-state index is -0.0392. The highest BCUT2D eigenvalue weighted by Gasteiger charge is 2.39.